The molecular weight excluding hydrogens is 491 g/mol. The van der Waals surface area contributed by atoms with Crippen LogP contribution in [0.4, 0.5) is 4.39 Å². The number of hydrogen-bond acceptors (Lipinski definition) is 7. The molecule has 1 amide bonds. The molecule has 0 bridgehead atoms. The van der Waals surface area contributed by atoms with Crippen molar-refractivity contribution >= 4 is 5.91 Å². The van der Waals surface area contributed by atoms with Crippen molar-refractivity contribution in [3.63, 3.8) is 0 Å². The standard InChI is InChI=1S/C29H39FN2O6/c1-36-13-4-3-11-29(35,22-9-6-10-23(30)27(22)19-7-5-8-21(15-19)37-2)26-18-32(12-14-38-26)28(34)20-16-24(31)25(33)17-20/h5-10,15,20,24-26,33,35H,3-4,11-14,16-18,31H2,1-2H3/t20-,24+,25-,26?,29-/m0/s1. The number of aliphatic hydroxyl groups excluding tert-OH is 1. The van der Waals surface area contributed by atoms with E-state index in [2.05, 4.69) is 0 Å². The second kappa shape index (κ2) is 12.5. The van der Waals surface area contributed by atoms with Gasteiger partial charge in [-0.1, -0.05) is 24.3 Å². The van der Waals surface area contributed by atoms with Crippen LogP contribution in [0.5, 0.6) is 5.75 Å². The zero-order valence-electron chi connectivity index (χ0n) is 22.1. The van der Waals surface area contributed by atoms with Crippen LogP contribution in [0.15, 0.2) is 42.5 Å². The van der Waals surface area contributed by atoms with E-state index in [-0.39, 0.29) is 37.0 Å². The Balaban J connectivity index is 1.69. The lowest BCUT2D eigenvalue weighted by Crippen LogP contribution is -2.55. The molecule has 1 unspecified atom stereocenters. The summed E-state index contributed by atoms with van der Waals surface area (Å²) >= 11 is 0. The van der Waals surface area contributed by atoms with Crippen molar-refractivity contribution in [2.45, 2.75) is 56.0 Å². The number of carbonyl (C=O) groups excluding carboxylic acids is 1. The molecule has 1 saturated heterocycles. The highest BCUT2D eigenvalue weighted by Crippen LogP contribution is 2.42. The maximum absolute atomic E-state index is 15.5. The van der Waals surface area contributed by atoms with Crippen LogP contribution in [0.25, 0.3) is 11.1 Å². The number of ether oxygens (including phenoxy) is 3. The number of rotatable bonds is 10. The van der Waals surface area contributed by atoms with E-state index in [1.54, 1.807) is 55.5 Å². The van der Waals surface area contributed by atoms with Gasteiger partial charge >= 0.3 is 0 Å². The molecule has 2 aliphatic rings. The van der Waals surface area contributed by atoms with Crippen LogP contribution in [0, 0.1) is 11.7 Å². The van der Waals surface area contributed by atoms with Crippen molar-refractivity contribution in [3.05, 3.63) is 53.8 Å². The molecule has 4 N–H and O–H groups in total. The monoisotopic (exact) mass is 530 g/mol. The molecule has 2 fully saturated rings. The summed E-state index contributed by atoms with van der Waals surface area (Å²) in [5.74, 6) is -0.360. The molecule has 4 rings (SSSR count). The van der Waals surface area contributed by atoms with Crippen LogP contribution in [0.1, 0.15) is 37.7 Å². The van der Waals surface area contributed by atoms with Crippen LogP contribution in [0.3, 0.4) is 0 Å². The minimum absolute atomic E-state index is 0.0979. The van der Waals surface area contributed by atoms with Gasteiger partial charge in [-0.25, -0.2) is 4.39 Å². The Labute approximate surface area is 223 Å². The maximum atomic E-state index is 15.5. The Bertz CT molecular complexity index is 1090. The van der Waals surface area contributed by atoms with E-state index < -0.39 is 29.7 Å². The second-order valence-corrected chi connectivity index (χ2v) is 10.3. The van der Waals surface area contributed by atoms with Gasteiger partial charge in [0, 0.05) is 37.8 Å². The third kappa shape index (κ3) is 6.02. The number of aliphatic hydroxyl groups is 2. The van der Waals surface area contributed by atoms with Gasteiger partial charge in [0.1, 0.15) is 23.3 Å². The van der Waals surface area contributed by atoms with Crippen LogP contribution in [-0.2, 0) is 19.9 Å². The highest BCUT2D eigenvalue weighted by Gasteiger charge is 2.46. The molecule has 0 radical (unpaired) electrons. The molecule has 0 aromatic heterocycles. The highest BCUT2D eigenvalue weighted by atomic mass is 19.1. The average molecular weight is 531 g/mol. The molecule has 5 atom stereocenters. The molecule has 9 heteroatoms. The molecule has 208 valence electrons. The van der Waals surface area contributed by atoms with Crippen molar-refractivity contribution in [3.8, 4) is 16.9 Å². The Morgan fingerprint density at radius 3 is 2.71 bits per heavy atom. The van der Waals surface area contributed by atoms with Crippen LogP contribution in [-0.4, -0.2) is 79.8 Å². The molecule has 2 aromatic carbocycles. The normalized spacial score (nSPS) is 25.3. The topological polar surface area (TPSA) is 114 Å². The number of amides is 1. The van der Waals surface area contributed by atoms with Gasteiger partial charge in [0.15, 0.2) is 0 Å². The van der Waals surface area contributed by atoms with Gasteiger partial charge in [-0.15, -0.1) is 0 Å². The highest BCUT2D eigenvalue weighted by molar-refractivity contribution is 5.79. The Morgan fingerprint density at radius 2 is 2.00 bits per heavy atom. The Morgan fingerprint density at radius 1 is 1.21 bits per heavy atom. The van der Waals surface area contributed by atoms with Crippen molar-refractivity contribution in [2.75, 3.05) is 40.5 Å². The first-order valence-electron chi connectivity index (χ1n) is 13.3. The van der Waals surface area contributed by atoms with Crippen molar-refractivity contribution in [2.24, 2.45) is 11.7 Å². The van der Waals surface area contributed by atoms with Crippen LogP contribution < -0.4 is 10.5 Å². The average Bonchev–Trinajstić information content (AvgIpc) is 3.28. The number of carbonyl (C=O) groups is 1. The molecule has 0 spiro atoms. The van der Waals surface area contributed by atoms with Gasteiger partial charge in [-0.05, 0) is 61.4 Å². The van der Waals surface area contributed by atoms with E-state index in [1.165, 1.54) is 6.07 Å². The van der Waals surface area contributed by atoms with Crippen LogP contribution >= 0.6 is 0 Å². The fraction of sp³-hybridized carbons (Fsp3) is 0.552. The SMILES string of the molecule is COCCCC[C@](O)(c1cccc(F)c1-c1cccc(OC)c1)C1CN(C(=O)[C@H]2C[C@@H](N)[C@@H](O)C2)CCO1. The molecule has 2 aromatic rings. The minimum atomic E-state index is -1.58. The zero-order valence-corrected chi connectivity index (χ0v) is 22.1. The summed E-state index contributed by atoms with van der Waals surface area (Å²) in [6, 6.07) is 11.3. The number of hydrogen-bond donors (Lipinski definition) is 3. The number of nitrogens with two attached hydrogens (primary N) is 1. The lowest BCUT2D eigenvalue weighted by molar-refractivity contribution is -0.167. The maximum Gasteiger partial charge on any atom is 0.226 e. The molecule has 1 aliphatic carbocycles. The van der Waals surface area contributed by atoms with E-state index in [1.807, 2.05) is 0 Å². The molecule has 8 nitrogen and oxygen atoms in total. The van der Waals surface area contributed by atoms with Crippen molar-refractivity contribution in [1.82, 2.24) is 4.90 Å². The van der Waals surface area contributed by atoms with Gasteiger partial charge in [-0.2, -0.15) is 0 Å². The Kier molecular flexibility index (Phi) is 9.38. The fourth-order valence-electron chi connectivity index (χ4n) is 5.71. The van der Waals surface area contributed by atoms with E-state index in [0.717, 1.165) is 0 Å². The summed E-state index contributed by atoms with van der Waals surface area (Å²) in [6.07, 6.45) is 0.868. The number of morpholine rings is 1. The first kappa shape index (κ1) is 28.4. The lowest BCUT2D eigenvalue weighted by atomic mass is 9.78. The largest absolute Gasteiger partial charge is 0.497 e. The number of unbranched alkanes of at least 4 members (excludes halogenated alkanes) is 1. The zero-order chi connectivity index (χ0) is 27.3. The molecule has 38 heavy (non-hydrogen) atoms. The Hall–Kier alpha value is -2.56. The molecule has 1 saturated carbocycles. The van der Waals surface area contributed by atoms with E-state index in [4.69, 9.17) is 19.9 Å². The predicted molar refractivity (Wildman–Crippen MR) is 141 cm³/mol. The first-order chi connectivity index (χ1) is 18.3. The van der Waals surface area contributed by atoms with E-state index in [9.17, 15) is 15.0 Å². The molecular formula is C29H39FN2O6. The van der Waals surface area contributed by atoms with Crippen LogP contribution in [0.2, 0.25) is 0 Å². The second-order valence-electron chi connectivity index (χ2n) is 10.3. The third-order valence-corrected chi connectivity index (χ3v) is 7.83. The van der Waals surface area contributed by atoms with Gasteiger partial charge in [-0.3, -0.25) is 4.79 Å². The fourth-order valence-corrected chi connectivity index (χ4v) is 5.71. The summed E-state index contributed by atoms with van der Waals surface area (Å²) in [5.41, 5.74) is 5.62. The molecule has 1 heterocycles. The van der Waals surface area contributed by atoms with E-state index >= 15 is 4.39 Å². The van der Waals surface area contributed by atoms with E-state index in [0.29, 0.717) is 55.7 Å². The van der Waals surface area contributed by atoms with Gasteiger partial charge < -0.3 is 35.1 Å². The quantitative estimate of drug-likeness (QED) is 0.405. The van der Waals surface area contributed by atoms with Crippen molar-refractivity contribution < 1.29 is 33.6 Å². The number of benzene rings is 2. The predicted octanol–water partition coefficient (Wildman–Crippen LogP) is 2.83. The van der Waals surface area contributed by atoms with Crippen molar-refractivity contribution in [1.29, 1.82) is 0 Å². The summed E-state index contributed by atoms with van der Waals surface area (Å²) in [7, 11) is 3.17. The van der Waals surface area contributed by atoms with Gasteiger partial charge in [0.05, 0.1) is 26.4 Å². The smallest absolute Gasteiger partial charge is 0.226 e. The number of nitrogens with zero attached hydrogens (tertiary/aromatic N) is 1. The summed E-state index contributed by atoms with van der Waals surface area (Å²) < 4.78 is 32.2. The first-order valence-corrected chi connectivity index (χ1v) is 13.3. The third-order valence-electron chi connectivity index (χ3n) is 7.83. The van der Waals surface area contributed by atoms with Gasteiger partial charge in [0.2, 0.25) is 5.91 Å². The summed E-state index contributed by atoms with van der Waals surface area (Å²) in [4.78, 5) is 15.0. The minimum Gasteiger partial charge on any atom is -0.497 e. The summed E-state index contributed by atoms with van der Waals surface area (Å²) in [6.45, 7) is 1.29. The number of halogens is 1. The van der Waals surface area contributed by atoms with Gasteiger partial charge in [0.25, 0.3) is 0 Å². The summed E-state index contributed by atoms with van der Waals surface area (Å²) in [5, 5.41) is 22.5. The lowest BCUT2D eigenvalue weighted by Gasteiger charge is -2.43. The number of methoxy groups -OCH3 is 2. The molecule has 1 aliphatic heterocycles.